The molecule has 0 aliphatic heterocycles. The van der Waals surface area contributed by atoms with E-state index >= 15 is 0 Å². The summed E-state index contributed by atoms with van der Waals surface area (Å²) in [4.78, 5) is 26.7. The van der Waals surface area contributed by atoms with E-state index in [-0.39, 0.29) is 17.4 Å². The molecule has 0 unspecified atom stereocenters. The van der Waals surface area contributed by atoms with Gasteiger partial charge in [0.1, 0.15) is 5.82 Å². The Labute approximate surface area is 116 Å². The molecule has 0 radical (unpaired) electrons. The number of carboxylic acids is 1. The molecule has 1 amide bonds. The first-order chi connectivity index (χ1) is 9.47. The predicted molar refractivity (Wildman–Crippen MR) is 75.1 cm³/mol. The fourth-order valence-corrected chi connectivity index (χ4v) is 1.69. The number of hydrogen-bond acceptors (Lipinski definition) is 3. The number of anilines is 1. The number of aromatic carboxylic acids is 1. The third kappa shape index (κ3) is 3.00. The molecule has 1 aromatic heterocycles. The van der Waals surface area contributed by atoms with Crippen molar-refractivity contribution in [1.29, 1.82) is 0 Å². The second kappa shape index (κ2) is 5.52. The van der Waals surface area contributed by atoms with Crippen molar-refractivity contribution in [2.75, 3.05) is 5.32 Å². The molecule has 5 nitrogen and oxygen atoms in total. The van der Waals surface area contributed by atoms with Gasteiger partial charge in [-0.2, -0.15) is 0 Å². The Hall–Kier alpha value is -2.69. The maximum atomic E-state index is 12.1. The molecule has 2 N–H and O–H groups in total. The molecule has 0 fully saturated rings. The van der Waals surface area contributed by atoms with Gasteiger partial charge in [-0.1, -0.05) is 12.1 Å². The van der Waals surface area contributed by atoms with Crippen molar-refractivity contribution in [1.82, 2.24) is 4.98 Å². The summed E-state index contributed by atoms with van der Waals surface area (Å²) in [6.45, 7) is 3.89. The van der Waals surface area contributed by atoms with E-state index in [4.69, 9.17) is 5.11 Å². The maximum Gasteiger partial charge on any atom is 0.354 e. The molecule has 5 heteroatoms. The Morgan fingerprint density at radius 1 is 1.10 bits per heavy atom. The molecule has 1 aromatic carbocycles. The van der Waals surface area contributed by atoms with Crippen LogP contribution in [0.15, 0.2) is 36.4 Å². The van der Waals surface area contributed by atoms with Crippen molar-refractivity contribution >= 4 is 17.7 Å². The van der Waals surface area contributed by atoms with Crippen LogP contribution in [0.25, 0.3) is 0 Å². The normalized spacial score (nSPS) is 10.1. The number of benzene rings is 1. The third-order valence-corrected chi connectivity index (χ3v) is 2.98. The summed E-state index contributed by atoms with van der Waals surface area (Å²) >= 11 is 0. The molecule has 102 valence electrons. The van der Waals surface area contributed by atoms with Crippen molar-refractivity contribution in [3.8, 4) is 0 Å². The number of carboxylic acid groups (broad SMARTS) is 1. The van der Waals surface area contributed by atoms with Crippen molar-refractivity contribution in [2.24, 2.45) is 0 Å². The molecule has 0 spiro atoms. The summed E-state index contributed by atoms with van der Waals surface area (Å²) in [5.74, 6) is -1.23. The van der Waals surface area contributed by atoms with Crippen LogP contribution in [0.1, 0.15) is 32.0 Å². The molecule has 2 aromatic rings. The van der Waals surface area contributed by atoms with Crippen molar-refractivity contribution in [2.45, 2.75) is 13.8 Å². The molecular weight excluding hydrogens is 256 g/mol. The largest absolute Gasteiger partial charge is 0.477 e. The highest BCUT2D eigenvalue weighted by Gasteiger charge is 2.10. The smallest absolute Gasteiger partial charge is 0.354 e. The summed E-state index contributed by atoms with van der Waals surface area (Å²) in [6, 6.07) is 9.82. The van der Waals surface area contributed by atoms with Gasteiger partial charge in [-0.3, -0.25) is 4.79 Å². The molecule has 0 saturated carbocycles. The lowest BCUT2D eigenvalue weighted by Gasteiger charge is -2.07. The lowest BCUT2D eigenvalue weighted by atomic mass is 10.1. The second-order valence-electron chi connectivity index (χ2n) is 4.47. The Balaban J connectivity index is 2.21. The Bertz CT molecular complexity index is 681. The van der Waals surface area contributed by atoms with Gasteiger partial charge in [0.25, 0.3) is 5.91 Å². The number of nitrogens with zero attached hydrogens (tertiary/aromatic N) is 1. The first-order valence-corrected chi connectivity index (χ1v) is 6.06. The highest BCUT2D eigenvalue weighted by atomic mass is 16.4. The van der Waals surface area contributed by atoms with Gasteiger partial charge in [0, 0.05) is 5.56 Å². The topological polar surface area (TPSA) is 79.3 Å². The molecule has 0 aliphatic carbocycles. The predicted octanol–water partition coefficient (Wildman–Crippen LogP) is 2.65. The van der Waals surface area contributed by atoms with Crippen LogP contribution in [0.5, 0.6) is 0 Å². The summed E-state index contributed by atoms with van der Waals surface area (Å²) in [5, 5.41) is 11.4. The average molecular weight is 270 g/mol. The SMILES string of the molecule is Cc1ccc(C(=O)Nc2cccc(C(=O)O)n2)cc1C. The number of amides is 1. The fraction of sp³-hybridized carbons (Fsp3) is 0.133. The summed E-state index contributed by atoms with van der Waals surface area (Å²) < 4.78 is 0. The lowest BCUT2D eigenvalue weighted by molar-refractivity contribution is 0.0690. The zero-order valence-electron chi connectivity index (χ0n) is 11.2. The first kappa shape index (κ1) is 13.7. The first-order valence-electron chi connectivity index (χ1n) is 6.06. The zero-order chi connectivity index (χ0) is 14.7. The van der Waals surface area contributed by atoms with Crippen LogP contribution in [0.2, 0.25) is 0 Å². The number of carbonyl (C=O) groups is 2. The highest BCUT2D eigenvalue weighted by Crippen LogP contribution is 2.12. The van der Waals surface area contributed by atoms with Gasteiger partial charge in [0.15, 0.2) is 5.69 Å². The van der Waals surface area contributed by atoms with Crippen molar-refractivity contribution in [3.05, 3.63) is 58.8 Å². The van der Waals surface area contributed by atoms with Crippen LogP contribution < -0.4 is 5.32 Å². The van der Waals surface area contributed by atoms with Crippen molar-refractivity contribution in [3.63, 3.8) is 0 Å². The van der Waals surface area contributed by atoms with Crippen LogP contribution in [0, 0.1) is 13.8 Å². The van der Waals surface area contributed by atoms with E-state index in [9.17, 15) is 9.59 Å². The molecule has 0 saturated heterocycles. The highest BCUT2D eigenvalue weighted by molar-refractivity contribution is 6.04. The van der Waals surface area contributed by atoms with Crippen LogP contribution in [-0.2, 0) is 0 Å². The van der Waals surface area contributed by atoms with Gasteiger partial charge in [-0.15, -0.1) is 0 Å². The van der Waals surface area contributed by atoms with E-state index in [1.54, 1.807) is 18.2 Å². The number of aromatic nitrogens is 1. The quantitative estimate of drug-likeness (QED) is 0.898. The minimum atomic E-state index is -1.13. The third-order valence-electron chi connectivity index (χ3n) is 2.98. The number of pyridine rings is 1. The van der Waals surface area contributed by atoms with E-state index < -0.39 is 5.97 Å². The summed E-state index contributed by atoms with van der Waals surface area (Å²) in [6.07, 6.45) is 0. The minimum absolute atomic E-state index is 0.108. The summed E-state index contributed by atoms with van der Waals surface area (Å²) in [5.41, 5.74) is 2.52. The number of aryl methyl sites for hydroxylation is 2. The molecule has 0 atom stereocenters. The van der Waals surface area contributed by atoms with Gasteiger partial charge >= 0.3 is 5.97 Å². The number of carbonyl (C=O) groups excluding carboxylic acids is 1. The Morgan fingerprint density at radius 3 is 2.50 bits per heavy atom. The summed E-state index contributed by atoms with van der Waals surface area (Å²) in [7, 11) is 0. The van der Waals surface area contributed by atoms with E-state index in [0.29, 0.717) is 5.56 Å². The van der Waals surface area contributed by atoms with Gasteiger partial charge < -0.3 is 10.4 Å². The van der Waals surface area contributed by atoms with Crippen LogP contribution >= 0.6 is 0 Å². The van der Waals surface area contributed by atoms with Gasteiger partial charge in [0.2, 0.25) is 0 Å². The number of hydrogen-bond donors (Lipinski definition) is 2. The number of rotatable bonds is 3. The second-order valence-corrected chi connectivity index (χ2v) is 4.47. The molecular formula is C15H14N2O3. The van der Waals surface area contributed by atoms with Gasteiger partial charge in [-0.25, -0.2) is 9.78 Å². The fourth-order valence-electron chi connectivity index (χ4n) is 1.69. The van der Waals surface area contributed by atoms with Crippen LogP contribution in [0.3, 0.4) is 0 Å². The molecule has 1 heterocycles. The van der Waals surface area contributed by atoms with E-state index in [1.165, 1.54) is 12.1 Å². The van der Waals surface area contributed by atoms with E-state index in [0.717, 1.165) is 11.1 Å². The van der Waals surface area contributed by atoms with Crippen LogP contribution in [-0.4, -0.2) is 22.0 Å². The molecule has 0 bridgehead atoms. The lowest BCUT2D eigenvalue weighted by Crippen LogP contribution is -2.14. The maximum absolute atomic E-state index is 12.1. The molecule has 2 rings (SSSR count). The zero-order valence-corrected chi connectivity index (χ0v) is 11.2. The van der Waals surface area contributed by atoms with Crippen LogP contribution in [0.4, 0.5) is 5.82 Å². The Morgan fingerprint density at radius 2 is 1.85 bits per heavy atom. The van der Waals surface area contributed by atoms with E-state index in [2.05, 4.69) is 10.3 Å². The van der Waals surface area contributed by atoms with Gasteiger partial charge in [-0.05, 0) is 49.2 Å². The van der Waals surface area contributed by atoms with Gasteiger partial charge in [0.05, 0.1) is 0 Å². The Kier molecular flexibility index (Phi) is 3.79. The molecule has 0 aliphatic rings. The standard InChI is InChI=1S/C15H14N2O3/c1-9-6-7-11(8-10(9)2)14(18)17-13-5-3-4-12(16-13)15(19)20/h3-8H,1-2H3,(H,19,20)(H,16,17,18). The monoisotopic (exact) mass is 270 g/mol. The average Bonchev–Trinajstić information content (AvgIpc) is 2.42. The molecule has 20 heavy (non-hydrogen) atoms. The number of nitrogens with one attached hydrogen (secondary N) is 1. The van der Waals surface area contributed by atoms with E-state index in [1.807, 2.05) is 19.9 Å². The minimum Gasteiger partial charge on any atom is -0.477 e. The van der Waals surface area contributed by atoms with Crippen molar-refractivity contribution < 1.29 is 14.7 Å².